The Morgan fingerprint density at radius 3 is 2.58 bits per heavy atom. The normalized spacial score (nSPS) is 17.4. The molecule has 2 rings (SSSR count). The monoisotopic (exact) mass is 264 g/mol. The quantitative estimate of drug-likeness (QED) is 0.849. The molecule has 0 aromatic carbocycles. The van der Waals surface area contributed by atoms with Gasteiger partial charge < -0.3 is 15.4 Å². The van der Waals surface area contributed by atoms with E-state index in [0.29, 0.717) is 5.92 Å². The van der Waals surface area contributed by atoms with Gasteiger partial charge in [-0.1, -0.05) is 0 Å². The van der Waals surface area contributed by atoms with Gasteiger partial charge in [-0.15, -0.1) is 5.10 Å². The lowest BCUT2D eigenvalue weighted by molar-refractivity contribution is 0.0843. The molecule has 0 unspecified atom stereocenters. The number of nitrogens with zero attached hydrogens (tertiary/aromatic N) is 2. The number of aromatic nitrogens is 2. The van der Waals surface area contributed by atoms with E-state index in [1.54, 1.807) is 0 Å². The number of nitrogens with one attached hydrogen (secondary N) is 2. The average molecular weight is 264 g/mol. The summed E-state index contributed by atoms with van der Waals surface area (Å²) >= 11 is 0. The zero-order chi connectivity index (χ0) is 13.7. The van der Waals surface area contributed by atoms with E-state index in [2.05, 4.69) is 40.7 Å². The second-order valence-electron chi connectivity index (χ2n) is 5.72. The summed E-state index contributed by atoms with van der Waals surface area (Å²) in [5.74, 6) is 1.34. The van der Waals surface area contributed by atoms with Crippen molar-refractivity contribution in [3.05, 3.63) is 17.8 Å². The van der Waals surface area contributed by atoms with Gasteiger partial charge in [-0.05, 0) is 45.9 Å². The molecule has 2 N–H and O–H groups in total. The van der Waals surface area contributed by atoms with Crippen molar-refractivity contribution in [1.82, 2.24) is 15.5 Å². The fraction of sp³-hybridized carbons (Fsp3) is 0.714. The van der Waals surface area contributed by atoms with Crippen molar-refractivity contribution in [2.45, 2.75) is 38.1 Å². The van der Waals surface area contributed by atoms with Gasteiger partial charge in [-0.25, -0.2) is 0 Å². The molecule has 1 aliphatic heterocycles. The highest BCUT2D eigenvalue weighted by molar-refractivity contribution is 5.34. The summed E-state index contributed by atoms with van der Waals surface area (Å²) in [5.41, 5.74) is 1.13. The standard InChI is InChI=1S/C14H24N4O/c1-14(2,15-3)10-16-13-5-4-12(17-18-13)11-6-8-19-9-7-11/h4-5,11,15H,6-10H2,1-3H3,(H,16,18). The molecule has 1 fully saturated rings. The Hall–Kier alpha value is -1.20. The minimum absolute atomic E-state index is 0.0427. The van der Waals surface area contributed by atoms with Crippen molar-refractivity contribution < 1.29 is 4.74 Å². The molecule has 106 valence electrons. The van der Waals surface area contributed by atoms with Crippen LogP contribution in [-0.4, -0.2) is 42.5 Å². The third kappa shape index (κ3) is 4.14. The first-order chi connectivity index (χ1) is 9.11. The Morgan fingerprint density at radius 1 is 1.26 bits per heavy atom. The fourth-order valence-corrected chi connectivity index (χ4v) is 2.05. The second-order valence-corrected chi connectivity index (χ2v) is 5.72. The van der Waals surface area contributed by atoms with E-state index in [1.165, 1.54) is 0 Å². The first-order valence-corrected chi connectivity index (χ1v) is 6.95. The van der Waals surface area contributed by atoms with E-state index in [9.17, 15) is 0 Å². The number of rotatable bonds is 5. The number of hydrogen-bond donors (Lipinski definition) is 2. The van der Waals surface area contributed by atoms with Gasteiger partial charge in [0.1, 0.15) is 5.82 Å². The van der Waals surface area contributed by atoms with Crippen LogP contribution in [0.5, 0.6) is 0 Å². The number of likely N-dealkylation sites (N-methyl/N-ethyl adjacent to an activating group) is 1. The third-order valence-electron chi connectivity index (χ3n) is 3.71. The molecule has 19 heavy (non-hydrogen) atoms. The average Bonchev–Trinajstić information content (AvgIpc) is 2.47. The first kappa shape index (κ1) is 14.2. The second kappa shape index (κ2) is 6.30. The molecule has 0 atom stereocenters. The van der Waals surface area contributed by atoms with E-state index >= 15 is 0 Å². The lowest BCUT2D eigenvalue weighted by Crippen LogP contribution is -2.42. The Kier molecular flexibility index (Phi) is 4.71. The van der Waals surface area contributed by atoms with E-state index in [0.717, 1.165) is 44.1 Å². The largest absolute Gasteiger partial charge is 0.381 e. The molecule has 0 spiro atoms. The zero-order valence-electron chi connectivity index (χ0n) is 12.1. The molecular formula is C14H24N4O. The molecule has 1 aromatic heterocycles. The smallest absolute Gasteiger partial charge is 0.148 e. The predicted octanol–water partition coefficient (Wildman–Crippen LogP) is 1.78. The van der Waals surface area contributed by atoms with Crippen molar-refractivity contribution in [2.75, 3.05) is 32.1 Å². The fourth-order valence-electron chi connectivity index (χ4n) is 2.05. The van der Waals surface area contributed by atoms with Crippen molar-refractivity contribution in [1.29, 1.82) is 0 Å². The molecule has 1 aromatic rings. The molecule has 0 saturated carbocycles. The van der Waals surface area contributed by atoms with E-state index < -0.39 is 0 Å². The summed E-state index contributed by atoms with van der Waals surface area (Å²) in [6, 6.07) is 4.10. The number of hydrogen-bond acceptors (Lipinski definition) is 5. The van der Waals surface area contributed by atoms with Gasteiger partial charge in [-0.2, -0.15) is 5.10 Å². The van der Waals surface area contributed by atoms with Crippen LogP contribution < -0.4 is 10.6 Å². The van der Waals surface area contributed by atoms with Crippen molar-refractivity contribution >= 4 is 5.82 Å². The lowest BCUT2D eigenvalue weighted by atomic mass is 9.96. The Labute approximate surface area is 115 Å². The van der Waals surface area contributed by atoms with Crippen LogP contribution >= 0.6 is 0 Å². The predicted molar refractivity (Wildman–Crippen MR) is 76.5 cm³/mol. The van der Waals surface area contributed by atoms with Gasteiger partial charge in [0.15, 0.2) is 0 Å². The molecule has 0 radical (unpaired) electrons. The summed E-state index contributed by atoms with van der Waals surface area (Å²) in [5, 5.41) is 15.2. The van der Waals surface area contributed by atoms with Crippen LogP contribution in [0.25, 0.3) is 0 Å². The Balaban J connectivity index is 1.91. The Morgan fingerprint density at radius 2 is 2.00 bits per heavy atom. The molecule has 5 heteroatoms. The third-order valence-corrected chi connectivity index (χ3v) is 3.71. The van der Waals surface area contributed by atoms with Crippen molar-refractivity contribution in [3.63, 3.8) is 0 Å². The molecule has 1 aliphatic rings. The van der Waals surface area contributed by atoms with Gasteiger partial charge in [0.2, 0.25) is 0 Å². The van der Waals surface area contributed by atoms with E-state index in [-0.39, 0.29) is 5.54 Å². The maximum atomic E-state index is 5.37. The van der Waals surface area contributed by atoms with Gasteiger partial charge in [0.05, 0.1) is 5.69 Å². The number of ether oxygens (including phenoxy) is 1. The van der Waals surface area contributed by atoms with Crippen LogP contribution in [0.3, 0.4) is 0 Å². The van der Waals surface area contributed by atoms with Crippen LogP contribution in [0.2, 0.25) is 0 Å². The highest BCUT2D eigenvalue weighted by atomic mass is 16.5. The van der Waals surface area contributed by atoms with Gasteiger partial charge in [0, 0.05) is 31.2 Å². The summed E-state index contributed by atoms with van der Waals surface area (Å²) in [4.78, 5) is 0. The summed E-state index contributed by atoms with van der Waals surface area (Å²) in [6.45, 7) is 6.77. The van der Waals surface area contributed by atoms with E-state index in [4.69, 9.17) is 4.74 Å². The Bertz CT molecular complexity index is 385. The van der Waals surface area contributed by atoms with Crippen LogP contribution in [0.4, 0.5) is 5.82 Å². The molecule has 0 amide bonds. The van der Waals surface area contributed by atoms with Crippen LogP contribution in [0.15, 0.2) is 12.1 Å². The molecule has 5 nitrogen and oxygen atoms in total. The zero-order valence-corrected chi connectivity index (χ0v) is 12.1. The van der Waals surface area contributed by atoms with Crippen LogP contribution in [0, 0.1) is 0 Å². The van der Waals surface area contributed by atoms with Crippen LogP contribution in [0.1, 0.15) is 38.3 Å². The first-order valence-electron chi connectivity index (χ1n) is 6.95. The maximum Gasteiger partial charge on any atom is 0.148 e. The summed E-state index contributed by atoms with van der Waals surface area (Å²) in [6.07, 6.45) is 2.10. The molecule has 0 bridgehead atoms. The van der Waals surface area contributed by atoms with Gasteiger partial charge in [-0.3, -0.25) is 0 Å². The minimum Gasteiger partial charge on any atom is -0.381 e. The summed E-state index contributed by atoms with van der Waals surface area (Å²) < 4.78 is 5.37. The molecule has 0 aliphatic carbocycles. The minimum atomic E-state index is 0.0427. The molecular weight excluding hydrogens is 240 g/mol. The highest BCUT2D eigenvalue weighted by Gasteiger charge is 2.18. The number of anilines is 1. The lowest BCUT2D eigenvalue weighted by Gasteiger charge is -2.24. The topological polar surface area (TPSA) is 59.1 Å². The molecule has 2 heterocycles. The highest BCUT2D eigenvalue weighted by Crippen LogP contribution is 2.25. The van der Waals surface area contributed by atoms with Gasteiger partial charge in [0.25, 0.3) is 0 Å². The van der Waals surface area contributed by atoms with Crippen molar-refractivity contribution in [3.8, 4) is 0 Å². The molecule has 1 saturated heterocycles. The SMILES string of the molecule is CNC(C)(C)CNc1ccc(C2CCOCC2)nn1. The van der Waals surface area contributed by atoms with Crippen LogP contribution in [-0.2, 0) is 4.74 Å². The van der Waals surface area contributed by atoms with Gasteiger partial charge >= 0.3 is 0 Å². The van der Waals surface area contributed by atoms with E-state index in [1.807, 2.05) is 13.1 Å². The van der Waals surface area contributed by atoms with Crippen molar-refractivity contribution in [2.24, 2.45) is 0 Å². The maximum absolute atomic E-state index is 5.37. The summed E-state index contributed by atoms with van der Waals surface area (Å²) in [7, 11) is 1.96.